The van der Waals surface area contributed by atoms with Crippen LogP contribution in [0.5, 0.6) is 0 Å². The lowest BCUT2D eigenvalue weighted by molar-refractivity contribution is -0.138. The zero-order chi connectivity index (χ0) is 15.1. The highest BCUT2D eigenvalue weighted by atomic mass is 16.4. The molecule has 1 rings (SSSR count). The number of hydrogen-bond donors (Lipinski definition) is 2. The predicted octanol–water partition coefficient (Wildman–Crippen LogP) is 2.00. The van der Waals surface area contributed by atoms with Crippen LogP contribution in [0.2, 0.25) is 0 Å². The molecule has 1 aliphatic rings. The Morgan fingerprint density at radius 1 is 1.25 bits per heavy atom. The van der Waals surface area contributed by atoms with Gasteiger partial charge in [0.1, 0.15) is 0 Å². The van der Waals surface area contributed by atoms with Gasteiger partial charge in [-0.1, -0.05) is 26.7 Å². The Morgan fingerprint density at radius 3 is 2.35 bits per heavy atom. The van der Waals surface area contributed by atoms with Crippen molar-refractivity contribution >= 4 is 11.9 Å². The molecule has 0 spiro atoms. The monoisotopic (exact) mass is 284 g/mol. The Hall–Kier alpha value is -1.10. The fraction of sp³-hybridized carbons (Fsp3) is 0.867. The number of carbonyl (C=O) groups is 2. The van der Waals surface area contributed by atoms with E-state index in [-0.39, 0.29) is 18.7 Å². The molecule has 5 nitrogen and oxygen atoms in total. The summed E-state index contributed by atoms with van der Waals surface area (Å²) in [5, 5.41) is 8.69. The topological polar surface area (TPSA) is 83.6 Å². The van der Waals surface area contributed by atoms with E-state index >= 15 is 0 Å². The van der Waals surface area contributed by atoms with Crippen molar-refractivity contribution in [3.05, 3.63) is 0 Å². The van der Waals surface area contributed by atoms with Crippen molar-refractivity contribution in [2.45, 2.75) is 70.9 Å². The first-order valence-electron chi connectivity index (χ1n) is 7.69. The normalized spacial score (nSPS) is 17.4. The summed E-state index contributed by atoms with van der Waals surface area (Å²) in [5.74, 6) is -0.427. The molecule has 3 N–H and O–H groups in total. The Bertz CT molecular complexity index is 325. The zero-order valence-corrected chi connectivity index (χ0v) is 12.7. The van der Waals surface area contributed by atoms with Crippen LogP contribution in [0.15, 0.2) is 0 Å². The Kier molecular flexibility index (Phi) is 6.99. The molecule has 0 aromatic carbocycles. The van der Waals surface area contributed by atoms with Gasteiger partial charge in [-0.05, 0) is 31.6 Å². The van der Waals surface area contributed by atoms with Gasteiger partial charge < -0.3 is 15.7 Å². The molecular weight excluding hydrogens is 256 g/mol. The number of nitrogens with two attached hydrogens (primary N) is 1. The number of rotatable bonds is 8. The fourth-order valence-corrected chi connectivity index (χ4v) is 2.70. The Morgan fingerprint density at radius 2 is 1.85 bits per heavy atom. The average molecular weight is 284 g/mol. The molecule has 0 aromatic rings. The second-order valence-electron chi connectivity index (χ2n) is 6.19. The molecular formula is C15H28N2O3. The van der Waals surface area contributed by atoms with Crippen LogP contribution < -0.4 is 5.73 Å². The largest absolute Gasteiger partial charge is 0.481 e. The third kappa shape index (κ3) is 5.49. The summed E-state index contributed by atoms with van der Waals surface area (Å²) in [4.78, 5) is 25.0. The Labute approximate surface area is 121 Å². The first kappa shape index (κ1) is 17.0. The molecule has 1 fully saturated rings. The van der Waals surface area contributed by atoms with Gasteiger partial charge in [0.25, 0.3) is 0 Å². The molecule has 0 heterocycles. The average Bonchev–Trinajstić information content (AvgIpc) is 2.89. The number of carboxylic acids is 1. The van der Waals surface area contributed by atoms with E-state index in [4.69, 9.17) is 10.8 Å². The van der Waals surface area contributed by atoms with Gasteiger partial charge in [-0.2, -0.15) is 0 Å². The minimum atomic E-state index is -0.900. The van der Waals surface area contributed by atoms with E-state index < -0.39 is 12.0 Å². The molecule has 5 heteroatoms. The van der Waals surface area contributed by atoms with E-state index in [9.17, 15) is 9.59 Å². The van der Waals surface area contributed by atoms with E-state index in [0.29, 0.717) is 12.0 Å². The standard InChI is InChI=1S/C15H28N2O3/c1-11(2)9-10-17(12-5-3-4-6-12)15(20)13(16)7-8-14(18)19/h11-13H,3-10,16H2,1-2H3,(H,18,19). The van der Waals surface area contributed by atoms with Crippen LogP contribution in [0.1, 0.15) is 58.8 Å². The van der Waals surface area contributed by atoms with E-state index in [1.807, 2.05) is 4.90 Å². The van der Waals surface area contributed by atoms with Gasteiger partial charge in [-0.3, -0.25) is 9.59 Å². The summed E-state index contributed by atoms with van der Waals surface area (Å²) in [6, 6.07) is -0.379. The number of amides is 1. The number of carbonyl (C=O) groups excluding carboxylic acids is 1. The van der Waals surface area contributed by atoms with Gasteiger partial charge in [0.15, 0.2) is 0 Å². The van der Waals surface area contributed by atoms with Crippen molar-refractivity contribution < 1.29 is 14.7 Å². The van der Waals surface area contributed by atoms with Crippen molar-refractivity contribution in [1.29, 1.82) is 0 Å². The molecule has 0 aromatic heterocycles. The van der Waals surface area contributed by atoms with Gasteiger partial charge in [0.2, 0.25) is 5.91 Å². The lowest BCUT2D eigenvalue weighted by Gasteiger charge is -2.32. The van der Waals surface area contributed by atoms with E-state index in [1.54, 1.807) is 0 Å². The maximum absolute atomic E-state index is 12.5. The van der Waals surface area contributed by atoms with Gasteiger partial charge in [0, 0.05) is 19.0 Å². The maximum Gasteiger partial charge on any atom is 0.303 e. The summed E-state index contributed by atoms with van der Waals surface area (Å²) >= 11 is 0. The number of nitrogens with zero attached hydrogens (tertiary/aromatic N) is 1. The van der Waals surface area contributed by atoms with Crippen LogP contribution in [0.25, 0.3) is 0 Å². The maximum atomic E-state index is 12.5. The molecule has 0 bridgehead atoms. The molecule has 0 aliphatic heterocycles. The molecule has 20 heavy (non-hydrogen) atoms. The van der Waals surface area contributed by atoms with Gasteiger partial charge in [-0.15, -0.1) is 0 Å². The Balaban J connectivity index is 2.59. The minimum absolute atomic E-state index is 0.0460. The summed E-state index contributed by atoms with van der Waals surface area (Å²) in [7, 11) is 0. The first-order chi connectivity index (χ1) is 9.41. The highest BCUT2D eigenvalue weighted by Gasteiger charge is 2.29. The molecule has 1 unspecified atom stereocenters. The van der Waals surface area contributed by atoms with Crippen molar-refractivity contribution in [3.63, 3.8) is 0 Å². The summed E-state index contributed by atoms with van der Waals surface area (Å²) in [5.41, 5.74) is 5.89. The smallest absolute Gasteiger partial charge is 0.303 e. The molecule has 1 atom stereocenters. The molecule has 1 aliphatic carbocycles. The third-order valence-corrected chi connectivity index (χ3v) is 3.98. The predicted molar refractivity (Wildman–Crippen MR) is 78.3 cm³/mol. The fourth-order valence-electron chi connectivity index (χ4n) is 2.70. The highest BCUT2D eigenvalue weighted by Crippen LogP contribution is 2.25. The molecule has 1 amide bonds. The number of hydrogen-bond acceptors (Lipinski definition) is 3. The van der Waals surface area contributed by atoms with E-state index in [2.05, 4.69) is 13.8 Å². The zero-order valence-electron chi connectivity index (χ0n) is 12.7. The molecule has 0 saturated heterocycles. The summed E-state index contributed by atoms with van der Waals surface area (Å²) in [6.07, 6.45) is 5.58. The SMILES string of the molecule is CC(C)CCN(C(=O)C(N)CCC(=O)O)C1CCCC1. The lowest BCUT2D eigenvalue weighted by Crippen LogP contribution is -2.48. The van der Waals surface area contributed by atoms with Crippen LogP contribution in [0.4, 0.5) is 0 Å². The lowest BCUT2D eigenvalue weighted by atomic mass is 10.1. The van der Waals surface area contributed by atoms with Crippen LogP contribution in [-0.2, 0) is 9.59 Å². The van der Waals surface area contributed by atoms with Crippen LogP contribution in [-0.4, -0.2) is 40.5 Å². The molecule has 116 valence electrons. The van der Waals surface area contributed by atoms with Gasteiger partial charge in [-0.25, -0.2) is 0 Å². The first-order valence-corrected chi connectivity index (χ1v) is 7.69. The number of carboxylic acid groups (broad SMARTS) is 1. The molecule has 0 radical (unpaired) electrons. The van der Waals surface area contributed by atoms with Crippen molar-refractivity contribution in [3.8, 4) is 0 Å². The highest BCUT2D eigenvalue weighted by molar-refractivity contribution is 5.82. The number of aliphatic carboxylic acids is 1. The van der Waals surface area contributed by atoms with E-state index in [0.717, 1.165) is 25.8 Å². The van der Waals surface area contributed by atoms with Crippen molar-refractivity contribution in [2.75, 3.05) is 6.54 Å². The van der Waals surface area contributed by atoms with Crippen LogP contribution in [0, 0.1) is 5.92 Å². The summed E-state index contributed by atoms with van der Waals surface area (Å²) in [6.45, 7) is 5.02. The third-order valence-electron chi connectivity index (χ3n) is 3.98. The second kappa shape index (κ2) is 8.25. The van der Waals surface area contributed by atoms with Crippen LogP contribution in [0.3, 0.4) is 0 Å². The van der Waals surface area contributed by atoms with Crippen molar-refractivity contribution in [2.24, 2.45) is 11.7 Å². The van der Waals surface area contributed by atoms with Crippen molar-refractivity contribution in [1.82, 2.24) is 4.90 Å². The van der Waals surface area contributed by atoms with E-state index in [1.165, 1.54) is 12.8 Å². The molecule has 1 saturated carbocycles. The van der Waals surface area contributed by atoms with Gasteiger partial charge in [0.05, 0.1) is 6.04 Å². The van der Waals surface area contributed by atoms with Gasteiger partial charge >= 0.3 is 5.97 Å². The summed E-state index contributed by atoms with van der Waals surface area (Å²) < 4.78 is 0. The minimum Gasteiger partial charge on any atom is -0.481 e. The quantitative estimate of drug-likeness (QED) is 0.714. The van der Waals surface area contributed by atoms with Crippen LogP contribution >= 0.6 is 0 Å². The second-order valence-corrected chi connectivity index (χ2v) is 6.19.